The van der Waals surface area contributed by atoms with Gasteiger partial charge in [0.1, 0.15) is 4.83 Å². The van der Waals surface area contributed by atoms with E-state index in [-0.39, 0.29) is 11.7 Å². The van der Waals surface area contributed by atoms with E-state index in [4.69, 9.17) is 5.73 Å². The molecule has 0 radical (unpaired) electrons. The van der Waals surface area contributed by atoms with Crippen LogP contribution < -0.4 is 5.73 Å². The predicted octanol–water partition coefficient (Wildman–Crippen LogP) is 1.27. The Balaban J connectivity index is 2.21. The van der Waals surface area contributed by atoms with Crippen LogP contribution in [0.5, 0.6) is 0 Å². The Morgan fingerprint density at radius 1 is 1.64 bits per heavy atom. The molecule has 2 aromatic rings. The number of primary amides is 1. The molecule has 0 atom stereocenters. The summed E-state index contributed by atoms with van der Waals surface area (Å²) in [6, 6.07) is 1.96. The first-order valence-electron chi connectivity index (χ1n) is 3.87. The van der Waals surface area contributed by atoms with Crippen molar-refractivity contribution in [3.8, 4) is 0 Å². The number of hydrogen-bond acceptors (Lipinski definition) is 5. The molecule has 2 rings (SSSR count). The molecule has 0 aromatic carbocycles. The van der Waals surface area contributed by atoms with Crippen LogP contribution in [0.2, 0.25) is 0 Å². The molecule has 14 heavy (non-hydrogen) atoms. The van der Waals surface area contributed by atoms with Gasteiger partial charge >= 0.3 is 0 Å². The fraction of sp³-hybridized carbons (Fsp3) is 0.125. The molecule has 0 aliphatic rings. The summed E-state index contributed by atoms with van der Waals surface area (Å²) in [5, 5.41) is 3.58. The monoisotopic (exact) mass is 225 g/mol. The molecule has 2 heterocycles. The van der Waals surface area contributed by atoms with Gasteiger partial charge in [0.25, 0.3) is 0 Å². The molecule has 2 aromatic heterocycles. The summed E-state index contributed by atoms with van der Waals surface area (Å²) in [5.41, 5.74) is 5.02. The normalized spacial score (nSPS) is 10.6. The summed E-state index contributed by atoms with van der Waals surface area (Å²) in [6.45, 7) is 0. The second-order valence-corrected chi connectivity index (χ2v) is 4.43. The van der Waals surface area contributed by atoms with E-state index in [9.17, 15) is 4.79 Å². The fourth-order valence-electron chi connectivity index (χ4n) is 0.946. The summed E-state index contributed by atoms with van der Waals surface area (Å²) in [6.07, 6.45) is 1.75. The third kappa shape index (κ3) is 2.02. The first kappa shape index (κ1) is 9.42. The molecule has 2 N–H and O–H groups in total. The number of nitrogens with two attached hydrogens (primary N) is 1. The van der Waals surface area contributed by atoms with Gasteiger partial charge in [-0.2, -0.15) is 0 Å². The third-order valence-corrected chi connectivity index (χ3v) is 3.24. The number of rotatable bonds is 3. The first-order chi connectivity index (χ1) is 6.75. The fourth-order valence-corrected chi connectivity index (χ4v) is 2.30. The molecule has 0 spiro atoms. The number of thioether (sulfide) groups is 1. The van der Waals surface area contributed by atoms with E-state index < -0.39 is 0 Å². The molecular formula is C8H7N3OS2. The minimum Gasteiger partial charge on any atom is -0.369 e. The van der Waals surface area contributed by atoms with Crippen LogP contribution in [-0.4, -0.2) is 21.6 Å². The van der Waals surface area contributed by atoms with Crippen LogP contribution in [0.3, 0.4) is 0 Å². The van der Waals surface area contributed by atoms with Crippen LogP contribution in [0.25, 0.3) is 10.2 Å². The van der Waals surface area contributed by atoms with Gasteiger partial charge in [-0.25, -0.2) is 9.97 Å². The zero-order valence-electron chi connectivity index (χ0n) is 7.14. The second-order valence-electron chi connectivity index (χ2n) is 2.59. The highest BCUT2D eigenvalue weighted by atomic mass is 32.2. The maximum Gasteiger partial charge on any atom is 0.227 e. The highest BCUT2D eigenvalue weighted by molar-refractivity contribution is 7.99. The summed E-state index contributed by atoms with van der Waals surface area (Å²) in [4.78, 5) is 19.8. The number of carbonyl (C=O) groups excluding carboxylic acids is 1. The van der Waals surface area contributed by atoms with Crippen molar-refractivity contribution in [3.05, 3.63) is 17.6 Å². The minimum absolute atomic E-state index is 0.219. The van der Waals surface area contributed by atoms with Crippen molar-refractivity contribution in [1.82, 2.24) is 9.97 Å². The molecule has 0 saturated heterocycles. The Labute approximate surface area is 88.5 Å². The molecule has 1 amide bonds. The lowest BCUT2D eigenvalue weighted by molar-refractivity contribution is -0.115. The second kappa shape index (κ2) is 3.93. The molecule has 6 heteroatoms. The van der Waals surface area contributed by atoms with Gasteiger partial charge < -0.3 is 5.73 Å². The van der Waals surface area contributed by atoms with E-state index in [1.807, 2.05) is 11.4 Å². The van der Waals surface area contributed by atoms with E-state index in [0.29, 0.717) is 5.16 Å². The Morgan fingerprint density at radius 2 is 2.50 bits per heavy atom. The Morgan fingerprint density at radius 3 is 3.29 bits per heavy atom. The van der Waals surface area contributed by atoms with Crippen LogP contribution in [0.1, 0.15) is 0 Å². The summed E-state index contributed by atoms with van der Waals surface area (Å²) >= 11 is 2.81. The number of aromatic nitrogens is 2. The minimum atomic E-state index is -0.357. The molecule has 0 aliphatic carbocycles. The van der Waals surface area contributed by atoms with Crippen LogP contribution in [-0.2, 0) is 4.79 Å². The average Bonchev–Trinajstić information content (AvgIpc) is 2.61. The average molecular weight is 225 g/mol. The topological polar surface area (TPSA) is 68.9 Å². The Kier molecular flexibility index (Phi) is 2.64. The van der Waals surface area contributed by atoms with Gasteiger partial charge in [-0.3, -0.25) is 4.79 Å². The van der Waals surface area contributed by atoms with E-state index >= 15 is 0 Å². The molecule has 0 saturated carbocycles. The van der Waals surface area contributed by atoms with Crippen LogP contribution in [0.4, 0.5) is 0 Å². The van der Waals surface area contributed by atoms with E-state index in [0.717, 1.165) is 10.2 Å². The maximum absolute atomic E-state index is 10.5. The number of nitrogens with zero attached hydrogens (tertiary/aromatic N) is 2. The van der Waals surface area contributed by atoms with Crippen LogP contribution in [0.15, 0.2) is 22.8 Å². The van der Waals surface area contributed by atoms with Crippen molar-refractivity contribution in [3.63, 3.8) is 0 Å². The van der Waals surface area contributed by atoms with Crippen molar-refractivity contribution in [2.75, 3.05) is 5.75 Å². The summed E-state index contributed by atoms with van der Waals surface area (Å²) in [5.74, 6) is -0.137. The van der Waals surface area contributed by atoms with E-state index in [2.05, 4.69) is 9.97 Å². The van der Waals surface area contributed by atoms with Crippen molar-refractivity contribution in [1.29, 1.82) is 0 Å². The quantitative estimate of drug-likeness (QED) is 0.631. The lowest BCUT2D eigenvalue weighted by Gasteiger charge is -1.96. The zero-order valence-corrected chi connectivity index (χ0v) is 8.77. The van der Waals surface area contributed by atoms with Gasteiger partial charge in [0, 0.05) is 11.6 Å². The largest absolute Gasteiger partial charge is 0.369 e. The van der Waals surface area contributed by atoms with Crippen LogP contribution in [0, 0.1) is 0 Å². The summed E-state index contributed by atoms with van der Waals surface area (Å²) in [7, 11) is 0. The number of carbonyl (C=O) groups is 1. The van der Waals surface area contributed by atoms with Crippen molar-refractivity contribution >= 4 is 39.2 Å². The standard InChI is InChI=1S/C8H7N3OS2/c9-6(12)4-14-8-10-3-5-1-2-13-7(5)11-8/h1-3H,4H2,(H2,9,12). The number of amides is 1. The number of thiophene rings is 1. The molecular weight excluding hydrogens is 218 g/mol. The number of hydrogen-bond donors (Lipinski definition) is 1. The first-order valence-corrected chi connectivity index (χ1v) is 5.73. The lowest BCUT2D eigenvalue weighted by atomic mass is 10.4. The van der Waals surface area contributed by atoms with Gasteiger partial charge in [0.05, 0.1) is 5.75 Å². The predicted molar refractivity (Wildman–Crippen MR) is 57.3 cm³/mol. The lowest BCUT2D eigenvalue weighted by Crippen LogP contribution is -2.13. The maximum atomic E-state index is 10.5. The molecule has 72 valence electrons. The number of fused-ring (bicyclic) bond motifs is 1. The Hall–Kier alpha value is -1.14. The molecule has 0 aliphatic heterocycles. The van der Waals surface area contributed by atoms with Gasteiger partial charge in [0.15, 0.2) is 5.16 Å². The molecule has 0 bridgehead atoms. The molecule has 4 nitrogen and oxygen atoms in total. The van der Waals surface area contributed by atoms with Gasteiger partial charge in [0.2, 0.25) is 5.91 Å². The van der Waals surface area contributed by atoms with Gasteiger partial charge in [-0.1, -0.05) is 11.8 Å². The van der Waals surface area contributed by atoms with Gasteiger partial charge in [-0.15, -0.1) is 11.3 Å². The molecule has 0 unspecified atom stereocenters. The summed E-state index contributed by atoms with van der Waals surface area (Å²) < 4.78 is 0. The zero-order chi connectivity index (χ0) is 9.97. The third-order valence-electron chi connectivity index (χ3n) is 1.53. The van der Waals surface area contributed by atoms with Crippen LogP contribution >= 0.6 is 23.1 Å². The smallest absolute Gasteiger partial charge is 0.227 e. The van der Waals surface area contributed by atoms with Crippen molar-refractivity contribution < 1.29 is 4.79 Å². The van der Waals surface area contributed by atoms with Crippen molar-refractivity contribution in [2.24, 2.45) is 5.73 Å². The SMILES string of the molecule is NC(=O)CSc1ncc2ccsc2n1. The Bertz CT molecular complexity index is 468. The van der Waals surface area contributed by atoms with Crippen molar-refractivity contribution in [2.45, 2.75) is 5.16 Å². The highest BCUT2D eigenvalue weighted by Crippen LogP contribution is 2.20. The van der Waals surface area contributed by atoms with E-state index in [1.165, 1.54) is 11.8 Å². The molecule has 0 fully saturated rings. The highest BCUT2D eigenvalue weighted by Gasteiger charge is 2.03. The van der Waals surface area contributed by atoms with E-state index in [1.54, 1.807) is 17.5 Å². The van der Waals surface area contributed by atoms with Gasteiger partial charge in [-0.05, 0) is 11.4 Å².